The first-order chi connectivity index (χ1) is 8.65. The van der Waals surface area contributed by atoms with Crippen LogP contribution in [0.25, 0.3) is 0 Å². The van der Waals surface area contributed by atoms with Gasteiger partial charge < -0.3 is 10.6 Å². The van der Waals surface area contributed by atoms with E-state index in [1.807, 2.05) is 0 Å². The topological polar surface area (TPSA) is 41.1 Å². The summed E-state index contributed by atoms with van der Waals surface area (Å²) < 4.78 is 14.2. The Morgan fingerprint density at radius 1 is 1.44 bits per heavy atom. The molecule has 0 radical (unpaired) electrons. The Hall–Kier alpha value is -0.940. The molecule has 0 unspecified atom stereocenters. The number of nitrogens with one attached hydrogen (secondary N) is 2. The molecule has 5 heteroatoms. The fourth-order valence-corrected chi connectivity index (χ4v) is 2.05. The first-order valence-electron chi connectivity index (χ1n) is 6.09. The lowest BCUT2D eigenvalue weighted by Gasteiger charge is -2.07. The van der Waals surface area contributed by atoms with E-state index in [2.05, 4.69) is 26.6 Å². The molecule has 1 fully saturated rings. The van der Waals surface area contributed by atoms with Crippen LogP contribution in [-0.4, -0.2) is 18.5 Å². The minimum Gasteiger partial charge on any atom is -0.352 e. The van der Waals surface area contributed by atoms with Gasteiger partial charge >= 0.3 is 0 Å². The minimum absolute atomic E-state index is 0.0532. The van der Waals surface area contributed by atoms with Crippen molar-refractivity contribution in [2.45, 2.75) is 31.8 Å². The molecule has 3 nitrogen and oxygen atoms in total. The third-order valence-electron chi connectivity index (χ3n) is 2.85. The van der Waals surface area contributed by atoms with Crippen molar-refractivity contribution in [3.63, 3.8) is 0 Å². The maximum atomic E-state index is 13.4. The van der Waals surface area contributed by atoms with E-state index >= 15 is 0 Å². The molecule has 1 amide bonds. The number of amides is 1. The molecule has 1 aliphatic rings. The van der Waals surface area contributed by atoms with Crippen LogP contribution in [0.15, 0.2) is 22.7 Å². The third-order valence-corrected chi connectivity index (χ3v) is 3.34. The number of rotatable bonds is 6. The van der Waals surface area contributed by atoms with Crippen LogP contribution in [0.5, 0.6) is 0 Å². The molecule has 1 aromatic carbocycles. The van der Waals surface area contributed by atoms with E-state index in [0.717, 1.165) is 4.47 Å². The number of hydrogen-bond acceptors (Lipinski definition) is 2. The van der Waals surface area contributed by atoms with Crippen LogP contribution in [0.1, 0.15) is 24.8 Å². The molecular weight excluding hydrogens is 299 g/mol. The van der Waals surface area contributed by atoms with Gasteiger partial charge in [0.25, 0.3) is 0 Å². The van der Waals surface area contributed by atoms with Gasteiger partial charge in [0.05, 0.1) is 0 Å². The number of halogens is 2. The highest BCUT2D eigenvalue weighted by molar-refractivity contribution is 9.10. The zero-order valence-electron chi connectivity index (χ0n) is 10.0. The summed E-state index contributed by atoms with van der Waals surface area (Å²) in [6.45, 7) is 0.922. The molecule has 0 heterocycles. The summed E-state index contributed by atoms with van der Waals surface area (Å²) in [5.41, 5.74) is 0.493. The van der Waals surface area contributed by atoms with Crippen molar-refractivity contribution in [2.24, 2.45) is 0 Å². The highest BCUT2D eigenvalue weighted by Gasteiger charge is 2.20. The van der Waals surface area contributed by atoms with E-state index in [9.17, 15) is 9.18 Å². The van der Waals surface area contributed by atoms with Gasteiger partial charge in [-0.05, 0) is 31.0 Å². The van der Waals surface area contributed by atoms with E-state index in [-0.39, 0.29) is 18.3 Å². The monoisotopic (exact) mass is 314 g/mol. The number of hydrogen-bond donors (Lipinski definition) is 2. The largest absolute Gasteiger partial charge is 0.352 e. The van der Waals surface area contributed by atoms with Crippen LogP contribution in [0.4, 0.5) is 4.39 Å². The highest BCUT2D eigenvalue weighted by Crippen LogP contribution is 2.18. The second-order valence-electron chi connectivity index (χ2n) is 4.49. The molecule has 1 aromatic rings. The predicted octanol–water partition coefficient (Wildman–Crippen LogP) is 2.35. The predicted molar refractivity (Wildman–Crippen MR) is 71.6 cm³/mol. The van der Waals surface area contributed by atoms with Gasteiger partial charge in [-0.25, -0.2) is 4.39 Å². The van der Waals surface area contributed by atoms with Crippen LogP contribution < -0.4 is 10.6 Å². The molecule has 1 saturated carbocycles. The molecule has 2 N–H and O–H groups in total. The first-order valence-corrected chi connectivity index (χ1v) is 6.88. The second-order valence-corrected chi connectivity index (χ2v) is 5.41. The van der Waals surface area contributed by atoms with Crippen LogP contribution >= 0.6 is 15.9 Å². The summed E-state index contributed by atoms with van der Waals surface area (Å²) >= 11 is 3.28. The van der Waals surface area contributed by atoms with Gasteiger partial charge in [0.15, 0.2) is 0 Å². The Kier molecular flexibility index (Phi) is 4.72. The minimum atomic E-state index is -0.297. The molecule has 0 spiro atoms. The van der Waals surface area contributed by atoms with Crippen LogP contribution in [0.2, 0.25) is 0 Å². The van der Waals surface area contributed by atoms with Gasteiger partial charge in [-0.2, -0.15) is 0 Å². The lowest BCUT2D eigenvalue weighted by Crippen LogP contribution is -2.28. The van der Waals surface area contributed by atoms with Crippen LogP contribution in [0, 0.1) is 5.82 Å². The highest BCUT2D eigenvalue weighted by atomic mass is 79.9. The standard InChI is InChI=1S/C13H16BrFN2O/c14-10-1-4-12(15)9(7-10)8-17-13(18)5-6-16-11-2-3-11/h1,4,7,11,16H,2-3,5-6,8H2,(H,17,18). The van der Waals surface area contributed by atoms with Crippen molar-refractivity contribution in [1.82, 2.24) is 10.6 Å². The quantitative estimate of drug-likeness (QED) is 0.846. The molecule has 0 bridgehead atoms. The molecule has 18 heavy (non-hydrogen) atoms. The lowest BCUT2D eigenvalue weighted by atomic mass is 10.2. The van der Waals surface area contributed by atoms with E-state index in [1.165, 1.54) is 18.9 Å². The molecule has 0 saturated heterocycles. The van der Waals surface area contributed by atoms with E-state index in [1.54, 1.807) is 12.1 Å². The van der Waals surface area contributed by atoms with E-state index < -0.39 is 0 Å². The molecular formula is C13H16BrFN2O. The second kappa shape index (κ2) is 6.29. The van der Waals surface area contributed by atoms with Crippen molar-refractivity contribution in [1.29, 1.82) is 0 Å². The van der Waals surface area contributed by atoms with Gasteiger partial charge in [-0.3, -0.25) is 4.79 Å². The van der Waals surface area contributed by atoms with Gasteiger partial charge in [-0.15, -0.1) is 0 Å². The zero-order chi connectivity index (χ0) is 13.0. The number of benzene rings is 1. The van der Waals surface area contributed by atoms with E-state index in [0.29, 0.717) is 24.6 Å². The van der Waals surface area contributed by atoms with Gasteiger partial charge in [0.2, 0.25) is 5.91 Å². The molecule has 2 rings (SSSR count). The molecule has 0 atom stereocenters. The molecule has 98 valence electrons. The maximum Gasteiger partial charge on any atom is 0.221 e. The Labute approximate surface area is 114 Å². The molecule has 0 aliphatic heterocycles. The van der Waals surface area contributed by atoms with Gasteiger partial charge in [0.1, 0.15) is 5.82 Å². The van der Waals surface area contributed by atoms with Crippen LogP contribution in [0.3, 0.4) is 0 Å². The molecule has 1 aliphatic carbocycles. The normalized spacial score (nSPS) is 14.6. The summed E-state index contributed by atoms with van der Waals surface area (Å²) in [6, 6.07) is 5.32. The third kappa shape index (κ3) is 4.38. The fourth-order valence-electron chi connectivity index (χ4n) is 1.64. The summed E-state index contributed by atoms with van der Waals surface area (Å²) in [6.07, 6.45) is 2.86. The Bertz CT molecular complexity index is 435. The Balaban J connectivity index is 1.72. The summed E-state index contributed by atoms with van der Waals surface area (Å²) in [7, 11) is 0. The van der Waals surface area contributed by atoms with Crippen molar-refractivity contribution in [3.8, 4) is 0 Å². The first kappa shape index (κ1) is 13.5. The Morgan fingerprint density at radius 3 is 2.94 bits per heavy atom. The average molecular weight is 315 g/mol. The average Bonchev–Trinajstić information content (AvgIpc) is 3.14. The summed E-state index contributed by atoms with van der Waals surface area (Å²) in [5.74, 6) is -0.350. The Morgan fingerprint density at radius 2 is 2.22 bits per heavy atom. The van der Waals surface area contributed by atoms with Gasteiger partial charge in [-0.1, -0.05) is 15.9 Å². The van der Waals surface area contributed by atoms with Crippen molar-refractivity contribution >= 4 is 21.8 Å². The lowest BCUT2D eigenvalue weighted by molar-refractivity contribution is -0.121. The summed E-state index contributed by atoms with van der Waals surface area (Å²) in [4.78, 5) is 11.5. The SMILES string of the molecule is O=C(CCNC1CC1)NCc1cc(Br)ccc1F. The van der Waals surface area contributed by atoms with E-state index in [4.69, 9.17) is 0 Å². The zero-order valence-corrected chi connectivity index (χ0v) is 11.6. The van der Waals surface area contributed by atoms with Crippen molar-refractivity contribution in [2.75, 3.05) is 6.54 Å². The number of carbonyl (C=O) groups excluding carboxylic acids is 1. The fraction of sp³-hybridized carbons (Fsp3) is 0.462. The number of carbonyl (C=O) groups is 1. The summed E-state index contributed by atoms with van der Waals surface area (Å²) in [5, 5.41) is 5.99. The van der Waals surface area contributed by atoms with Crippen molar-refractivity contribution < 1.29 is 9.18 Å². The van der Waals surface area contributed by atoms with Gasteiger partial charge in [0, 0.05) is 35.6 Å². The van der Waals surface area contributed by atoms with Crippen molar-refractivity contribution in [3.05, 3.63) is 34.1 Å². The molecule has 0 aromatic heterocycles. The van der Waals surface area contributed by atoms with Crippen LogP contribution in [-0.2, 0) is 11.3 Å². The maximum absolute atomic E-state index is 13.4. The smallest absolute Gasteiger partial charge is 0.221 e.